The molecule has 3 heteroatoms. The van der Waals surface area contributed by atoms with E-state index in [1.807, 2.05) is 12.1 Å². The fourth-order valence-electron chi connectivity index (χ4n) is 3.23. The van der Waals surface area contributed by atoms with Crippen molar-refractivity contribution >= 4 is 5.69 Å². The summed E-state index contributed by atoms with van der Waals surface area (Å²) in [6.45, 7) is 8.75. The van der Waals surface area contributed by atoms with E-state index < -0.39 is 0 Å². The van der Waals surface area contributed by atoms with Crippen molar-refractivity contribution in [1.82, 2.24) is 0 Å². The van der Waals surface area contributed by atoms with Crippen LogP contribution in [-0.4, -0.2) is 4.92 Å². The second-order valence-corrected chi connectivity index (χ2v) is 6.92. The third-order valence-electron chi connectivity index (χ3n) is 4.93. The van der Waals surface area contributed by atoms with E-state index in [1.165, 1.54) is 11.1 Å². The van der Waals surface area contributed by atoms with Crippen LogP contribution in [0.25, 0.3) is 0 Å². The highest BCUT2D eigenvalue weighted by Crippen LogP contribution is 2.36. The van der Waals surface area contributed by atoms with Gasteiger partial charge in [-0.2, -0.15) is 0 Å². The van der Waals surface area contributed by atoms with Crippen LogP contribution < -0.4 is 0 Å². The molecule has 0 radical (unpaired) electrons. The molecule has 0 heterocycles. The van der Waals surface area contributed by atoms with Gasteiger partial charge in [0.25, 0.3) is 5.69 Å². The van der Waals surface area contributed by atoms with Crippen LogP contribution in [0, 0.1) is 16.0 Å². The number of non-ortho nitro benzene ring substituents is 1. The van der Waals surface area contributed by atoms with E-state index in [0.717, 1.165) is 18.4 Å². The number of benzene rings is 2. The van der Waals surface area contributed by atoms with Crippen LogP contribution in [0.4, 0.5) is 5.69 Å². The highest BCUT2D eigenvalue weighted by Gasteiger charge is 2.23. The van der Waals surface area contributed by atoms with Crippen LogP contribution in [0.5, 0.6) is 0 Å². The van der Waals surface area contributed by atoms with Gasteiger partial charge in [0.2, 0.25) is 0 Å². The van der Waals surface area contributed by atoms with Crippen molar-refractivity contribution < 1.29 is 4.92 Å². The maximum absolute atomic E-state index is 11.2. The van der Waals surface area contributed by atoms with Gasteiger partial charge in [0.1, 0.15) is 0 Å². The first-order chi connectivity index (χ1) is 11.4. The molecule has 2 aromatic rings. The van der Waals surface area contributed by atoms with Crippen molar-refractivity contribution in [3.63, 3.8) is 0 Å². The van der Waals surface area contributed by atoms with Crippen LogP contribution in [0.15, 0.2) is 48.5 Å². The number of nitro benzene ring substituents is 1. The van der Waals surface area contributed by atoms with Crippen molar-refractivity contribution in [2.24, 2.45) is 5.92 Å². The van der Waals surface area contributed by atoms with Gasteiger partial charge in [0, 0.05) is 12.1 Å². The molecule has 128 valence electrons. The van der Waals surface area contributed by atoms with Crippen molar-refractivity contribution in [3.8, 4) is 0 Å². The molecule has 2 atom stereocenters. The molecular weight excluding hydrogens is 298 g/mol. The second-order valence-electron chi connectivity index (χ2n) is 6.92. The average molecular weight is 325 g/mol. The molecule has 2 aromatic carbocycles. The summed E-state index contributed by atoms with van der Waals surface area (Å²) < 4.78 is 0. The maximum Gasteiger partial charge on any atom is 0.269 e. The van der Waals surface area contributed by atoms with E-state index >= 15 is 0 Å². The van der Waals surface area contributed by atoms with E-state index in [2.05, 4.69) is 52.0 Å². The lowest BCUT2D eigenvalue weighted by Crippen LogP contribution is -2.14. The molecule has 0 N–H and O–H groups in total. The minimum absolute atomic E-state index is 0.191. The van der Waals surface area contributed by atoms with Gasteiger partial charge in [-0.3, -0.25) is 10.1 Å². The second kappa shape index (κ2) is 8.09. The Hall–Kier alpha value is -2.16. The third-order valence-corrected chi connectivity index (χ3v) is 4.93. The van der Waals surface area contributed by atoms with Gasteiger partial charge in [0.05, 0.1) is 4.92 Å². The highest BCUT2D eigenvalue weighted by molar-refractivity contribution is 5.44. The fourth-order valence-corrected chi connectivity index (χ4v) is 3.23. The standard InChI is InChI=1S/C21H27NO2/c1-5-16(4)21-14-18(22(23)24)11-12-19(21)20(15(2)3)13-17-9-7-6-8-10-17/h6-12,14-16,20H,5,13H2,1-4H3. The Morgan fingerprint density at radius 3 is 2.21 bits per heavy atom. The molecule has 0 bridgehead atoms. The van der Waals surface area contributed by atoms with Crippen LogP contribution >= 0.6 is 0 Å². The summed E-state index contributed by atoms with van der Waals surface area (Å²) in [5.74, 6) is 1.14. The predicted molar refractivity (Wildman–Crippen MR) is 99.5 cm³/mol. The van der Waals surface area contributed by atoms with Crippen LogP contribution in [0.1, 0.15) is 62.6 Å². The van der Waals surface area contributed by atoms with Crippen LogP contribution in [-0.2, 0) is 6.42 Å². The molecule has 2 unspecified atom stereocenters. The van der Waals surface area contributed by atoms with E-state index in [0.29, 0.717) is 17.8 Å². The summed E-state index contributed by atoms with van der Waals surface area (Å²) in [6, 6.07) is 15.9. The quantitative estimate of drug-likeness (QED) is 0.456. The van der Waals surface area contributed by atoms with E-state index in [1.54, 1.807) is 12.1 Å². The van der Waals surface area contributed by atoms with Crippen molar-refractivity contribution in [2.75, 3.05) is 0 Å². The van der Waals surface area contributed by atoms with E-state index in [4.69, 9.17) is 0 Å². The predicted octanol–water partition coefficient (Wildman–Crippen LogP) is 6.09. The molecule has 2 rings (SSSR count). The lowest BCUT2D eigenvalue weighted by Gasteiger charge is -2.26. The molecule has 0 fully saturated rings. The molecule has 0 aliphatic carbocycles. The number of hydrogen-bond acceptors (Lipinski definition) is 2. The van der Waals surface area contributed by atoms with Gasteiger partial charge in [-0.05, 0) is 47.3 Å². The maximum atomic E-state index is 11.2. The Morgan fingerprint density at radius 1 is 1.00 bits per heavy atom. The Kier molecular flexibility index (Phi) is 6.13. The van der Waals surface area contributed by atoms with E-state index in [-0.39, 0.29) is 10.6 Å². The fraction of sp³-hybridized carbons (Fsp3) is 0.429. The van der Waals surface area contributed by atoms with Gasteiger partial charge in [-0.25, -0.2) is 0 Å². The Bertz CT molecular complexity index is 679. The summed E-state index contributed by atoms with van der Waals surface area (Å²) in [6.07, 6.45) is 1.93. The topological polar surface area (TPSA) is 43.1 Å². The van der Waals surface area contributed by atoms with Crippen molar-refractivity contribution in [3.05, 3.63) is 75.3 Å². The number of nitro groups is 1. The Balaban J connectivity index is 2.46. The van der Waals surface area contributed by atoms with Gasteiger partial charge in [-0.15, -0.1) is 0 Å². The first kappa shape index (κ1) is 18.2. The highest BCUT2D eigenvalue weighted by atomic mass is 16.6. The Morgan fingerprint density at radius 2 is 1.67 bits per heavy atom. The van der Waals surface area contributed by atoms with E-state index in [9.17, 15) is 10.1 Å². The molecule has 0 aliphatic heterocycles. The lowest BCUT2D eigenvalue weighted by atomic mass is 9.78. The molecule has 0 amide bonds. The smallest absolute Gasteiger partial charge is 0.258 e. The molecule has 0 saturated heterocycles. The minimum Gasteiger partial charge on any atom is -0.258 e. The monoisotopic (exact) mass is 325 g/mol. The van der Waals surface area contributed by atoms with Crippen LogP contribution in [0.2, 0.25) is 0 Å². The molecule has 0 aliphatic rings. The first-order valence-corrected chi connectivity index (χ1v) is 8.76. The minimum atomic E-state index is -0.294. The zero-order chi connectivity index (χ0) is 17.7. The van der Waals surface area contributed by atoms with Gasteiger partial charge in [0.15, 0.2) is 0 Å². The molecule has 0 spiro atoms. The summed E-state index contributed by atoms with van der Waals surface area (Å²) in [4.78, 5) is 10.9. The number of hydrogen-bond donors (Lipinski definition) is 0. The Labute approximate surface area is 144 Å². The first-order valence-electron chi connectivity index (χ1n) is 8.76. The van der Waals surface area contributed by atoms with Crippen molar-refractivity contribution in [1.29, 1.82) is 0 Å². The normalized spacial score (nSPS) is 13.7. The molecular formula is C21H27NO2. The molecule has 3 nitrogen and oxygen atoms in total. The van der Waals surface area contributed by atoms with Gasteiger partial charge < -0.3 is 0 Å². The summed E-state index contributed by atoms with van der Waals surface area (Å²) >= 11 is 0. The van der Waals surface area contributed by atoms with Crippen molar-refractivity contribution in [2.45, 2.75) is 52.4 Å². The van der Waals surface area contributed by atoms with Gasteiger partial charge in [-0.1, -0.05) is 64.1 Å². The molecule has 0 saturated carbocycles. The average Bonchev–Trinajstić information content (AvgIpc) is 2.59. The SMILES string of the molecule is CCC(C)c1cc([N+](=O)[O-])ccc1C(Cc1ccccc1)C(C)C. The third kappa shape index (κ3) is 4.22. The largest absolute Gasteiger partial charge is 0.269 e. The zero-order valence-corrected chi connectivity index (χ0v) is 15.0. The number of rotatable bonds is 7. The molecule has 0 aromatic heterocycles. The summed E-state index contributed by atoms with van der Waals surface area (Å²) in [5.41, 5.74) is 3.89. The number of nitrogens with zero attached hydrogens (tertiary/aromatic N) is 1. The van der Waals surface area contributed by atoms with Gasteiger partial charge >= 0.3 is 0 Å². The summed E-state index contributed by atoms with van der Waals surface area (Å²) in [7, 11) is 0. The van der Waals surface area contributed by atoms with Crippen LogP contribution in [0.3, 0.4) is 0 Å². The molecule has 24 heavy (non-hydrogen) atoms. The zero-order valence-electron chi connectivity index (χ0n) is 15.0. The lowest BCUT2D eigenvalue weighted by molar-refractivity contribution is -0.384. The summed E-state index contributed by atoms with van der Waals surface area (Å²) in [5, 5.41) is 11.2.